The summed E-state index contributed by atoms with van der Waals surface area (Å²) in [6, 6.07) is 1.98. The molecule has 9 nitrogen and oxygen atoms in total. The van der Waals surface area contributed by atoms with E-state index < -0.39 is 17.7 Å². The normalized spacial score (nSPS) is 17.5. The molecule has 0 aromatic carbocycles. The number of anilines is 2. The molecule has 1 saturated heterocycles. The highest BCUT2D eigenvalue weighted by atomic mass is 19.4. The quantitative estimate of drug-likeness (QED) is 0.660. The molecule has 0 unspecified atom stereocenters. The second-order valence-electron chi connectivity index (χ2n) is 6.89. The molecule has 0 aliphatic carbocycles. The Balaban J connectivity index is 1.97. The zero-order valence-electron chi connectivity index (χ0n) is 15.7. The Morgan fingerprint density at radius 1 is 1.37 bits per heavy atom. The maximum absolute atomic E-state index is 13.6. The minimum Gasteiger partial charge on any atom is -0.478 e. The second kappa shape index (κ2) is 7.13. The van der Waals surface area contributed by atoms with Gasteiger partial charge in [-0.25, -0.2) is 19.3 Å². The van der Waals surface area contributed by atoms with Crippen molar-refractivity contribution in [2.45, 2.75) is 19.1 Å². The third-order valence-corrected chi connectivity index (χ3v) is 4.80. The number of alkyl halides is 3. The Hall–Kier alpha value is -3.41. The highest BCUT2D eigenvalue weighted by molar-refractivity contribution is 5.91. The third kappa shape index (κ3) is 3.49. The summed E-state index contributed by atoms with van der Waals surface area (Å²) in [5, 5.41) is 13.5. The summed E-state index contributed by atoms with van der Waals surface area (Å²) >= 11 is 0. The fourth-order valence-corrected chi connectivity index (χ4v) is 3.35. The van der Waals surface area contributed by atoms with E-state index in [1.165, 1.54) is 16.8 Å². The van der Waals surface area contributed by atoms with Crippen LogP contribution in [0.4, 0.5) is 24.8 Å². The predicted molar refractivity (Wildman–Crippen MR) is 100 cm³/mol. The molecule has 12 heteroatoms. The molecule has 3 aromatic heterocycles. The van der Waals surface area contributed by atoms with Gasteiger partial charge in [0.15, 0.2) is 11.6 Å². The van der Waals surface area contributed by atoms with E-state index in [9.17, 15) is 23.1 Å². The number of nitrogens with zero attached hydrogens (tertiary/aromatic N) is 5. The standard InChI is InChI=1S/C18H17F3N6O3/c1-9-8-30-3-2-26(9)16-13-4-10(17(28)29)7-27(13)25-15(24-16)11-6-23-14(22)5-12(11)18(19,20)21/h4-7,9H,2-3,8H2,1H3,(H2,22,23)(H,28,29)/t9-/m0/s1. The number of carboxylic acid groups (broad SMARTS) is 1. The van der Waals surface area contributed by atoms with Gasteiger partial charge in [-0.3, -0.25) is 0 Å². The number of pyridine rings is 1. The van der Waals surface area contributed by atoms with Crippen molar-refractivity contribution in [1.29, 1.82) is 0 Å². The lowest BCUT2D eigenvalue weighted by molar-refractivity contribution is -0.137. The Morgan fingerprint density at radius 3 is 2.80 bits per heavy atom. The predicted octanol–water partition coefficient (Wildman–Crippen LogP) is 2.32. The molecular formula is C18H17F3N6O3. The van der Waals surface area contributed by atoms with Crippen LogP contribution in [0.15, 0.2) is 24.5 Å². The molecule has 3 aromatic rings. The molecule has 1 atom stereocenters. The average Bonchev–Trinajstić information content (AvgIpc) is 3.11. The lowest BCUT2D eigenvalue weighted by Crippen LogP contribution is -2.44. The van der Waals surface area contributed by atoms with Gasteiger partial charge in [0.25, 0.3) is 0 Å². The van der Waals surface area contributed by atoms with Crippen molar-refractivity contribution in [1.82, 2.24) is 19.6 Å². The number of nitrogens with two attached hydrogens (primary N) is 1. The van der Waals surface area contributed by atoms with E-state index in [2.05, 4.69) is 15.1 Å². The van der Waals surface area contributed by atoms with Crippen molar-refractivity contribution in [3.05, 3.63) is 35.7 Å². The number of hydrogen-bond donors (Lipinski definition) is 2. The van der Waals surface area contributed by atoms with E-state index >= 15 is 0 Å². The first-order valence-electron chi connectivity index (χ1n) is 8.96. The molecule has 0 radical (unpaired) electrons. The summed E-state index contributed by atoms with van der Waals surface area (Å²) in [5.41, 5.74) is 4.37. The monoisotopic (exact) mass is 422 g/mol. The van der Waals surface area contributed by atoms with Gasteiger partial charge in [-0.2, -0.15) is 13.2 Å². The maximum Gasteiger partial charge on any atom is 0.417 e. The number of ether oxygens (including phenoxy) is 1. The lowest BCUT2D eigenvalue weighted by Gasteiger charge is -2.34. The molecular weight excluding hydrogens is 405 g/mol. The molecule has 3 N–H and O–H groups in total. The number of aromatic carboxylic acids is 1. The number of morpholine rings is 1. The number of aromatic nitrogens is 4. The smallest absolute Gasteiger partial charge is 0.417 e. The van der Waals surface area contributed by atoms with Gasteiger partial charge in [0, 0.05) is 18.9 Å². The van der Waals surface area contributed by atoms with Crippen LogP contribution < -0.4 is 10.6 Å². The van der Waals surface area contributed by atoms with E-state index in [-0.39, 0.29) is 28.8 Å². The molecule has 4 heterocycles. The lowest BCUT2D eigenvalue weighted by atomic mass is 10.1. The first-order chi connectivity index (χ1) is 14.1. The number of carboxylic acids is 1. The fraction of sp³-hybridized carbons (Fsp3) is 0.333. The number of nitrogen functional groups attached to an aromatic ring is 1. The fourth-order valence-electron chi connectivity index (χ4n) is 3.35. The van der Waals surface area contributed by atoms with Crippen LogP contribution in [-0.2, 0) is 10.9 Å². The Labute approximate surface area is 167 Å². The molecule has 0 spiro atoms. The largest absolute Gasteiger partial charge is 0.478 e. The minimum atomic E-state index is -4.71. The van der Waals surface area contributed by atoms with Crippen molar-refractivity contribution in [2.24, 2.45) is 0 Å². The minimum absolute atomic E-state index is 0.0601. The topological polar surface area (TPSA) is 119 Å². The van der Waals surface area contributed by atoms with Crippen LogP contribution >= 0.6 is 0 Å². The van der Waals surface area contributed by atoms with Gasteiger partial charge in [-0.1, -0.05) is 0 Å². The van der Waals surface area contributed by atoms with Crippen LogP contribution in [0.5, 0.6) is 0 Å². The summed E-state index contributed by atoms with van der Waals surface area (Å²) in [7, 11) is 0. The molecule has 4 rings (SSSR count). The van der Waals surface area contributed by atoms with Gasteiger partial charge >= 0.3 is 12.1 Å². The summed E-state index contributed by atoms with van der Waals surface area (Å²) in [4.78, 5) is 21.4. The molecule has 0 saturated carbocycles. The average molecular weight is 422 g/mol. The van der Waals surface area contributed by atoms with Crippen molar-refractivity contribution < 1.29 is 27.8 Å². The summed E-state index contributed by atoms with van der Waals surface area (Å²) in [6.45, 7) is 3.12. The van der Waals surface area contributed by atoms with E-state index in [0.29, 0.717) is 31.1 Å². The van der Waals surface area contributed by atoms with E-state index in [4.69, 9.17) is 10.5 Å². The van der Waals surface area contributed by atoms with Crippen molar-refractivity contribution in [3.8, 4) is 11.4 Å². The Bertz CT molecular complexity index is 1130. The third-order valence-electron chi connectivity index (χ3n) is 4.80. The second-order valence-corrected chi connectivity index (χ2v) is 6.89. The number of halogens is 3. The SMILES string of the molecule is C[C@H]1COCCN1c1nc(-c2cnc(N)cc2C(F)(F)F)nn2cc(C(=O)O)cc12. The summed E-state index contributed by atoms with van der Waals surface area (Å²) < 4.78 is 47.5. The zero-order valence-corrected chi connectivity index (χ0v) is 15.7. The summed E-state index contributed by atoms with van der Waals surface area (Å²) in [6.07, 6.45) is -2.51. The van der Waals surface area contributed by atoms with E-state index in [1.54, 1.807) is 0 Å². The highest BCUT2D eigenvalue weighted by Crippen LogP contribution is 2.37. The number of rotatable bonds is 3. The molecule has 158 valence electrons. The van der Waals surface area contributed by atoms with E-state index in [1.807, 2.05) is 11.8 Å². The Kier molecular flexibility index (Phi) is 4.73. The van der Waals surface area contributed by atoms with Gasteiger partial charge in [-0.15, -0.1) is 5.10 Å². The number of hydrogen-bond acceptors (Lipinski definition) is 7. The molecule has 1 aliphatic heterocycles. The summed E-state index contributed by atoms with van der Waals surface area (Å²) in [5.74, 6) is -1.41. The first-order valence-corrected chi connectivity index (χ1v) is 8.96. The first kappa shape index (κ1) is 19.9. The van der Waals surface area contributed by atoms with Crippen LogP contribution in [0.1, 0.15) is 22.8 Å². The molecule has 0 amide bonds. The molecule has 1 aliphatic rings. The van der Waals surface area contributed by atoms with Gasteiger partial charge in [0.05, 0.1) is 35.9 Å². The van der Waals surface area contributed by atoms with Crippen molar-refractivity contribution in [2.75, 3.05) is 30.4 Å². The van der Waals surface area contributed by atoms with Crippen molar-refractivity contribution >= 4 is 23.1 Å². The van der Waals surface area contributed by atoms with Gasteiger partial charge in [0.1, 0.15) is 11.3 Å². The number of fused-ring (bicyclic) bond motifs is 1. The van der Waals surface area contributed by atoms with Crippen LogP contribution in [0.2, 0.25) is 0 Å². The Morgan fingerprint density at radius 2 is 2.13 bits per heavy atom. The van der Waals surface area contributed by atoms with Crippen LogP contribution in [0, 0.1) is 0 Å². The van der Waals surface area contributed by atoms with Gasteiger partial charge in [-0.05, 0) is 19.1 Å². The van der Waals surface area contributed by atoms with Crippen LogP contribution in [0.25, 0.3) is 16.9 Å². The van der Waals surface area contributed by atoms with Crippen LogP contribution in [0.3, 0.4) is 0 Å². The molecule has 0 bridgehead atoms. The maximum atomic E-state index is 13.6. The molecule has 1 fully saturated rings. The number of carbonyl (C=O) groups is 1. The molecule has 30 heavy (non-hydrogen) atoms. The van der Waals surface area contributed by atoms with E-state index in [0.717, 1.165) is 12.3 Å². The van der Waals surface area contributed by atoms with Crippen LogP contribution in [-0.4, -0.2) is 56.5 Å². The van der Waals surface area contributed by atoms with Crippen molar-refractivity contribution in [3.63, 3.8) is 0 Å². The zero-order chi connectivity index (χ0) is 21.6. The van der Waals surface area contributed by atoms with Gasteiger partial charge in [0.2, 0.25) is 0 Å². The highest BCUT2D eigenvalue weighted by Gasteiger charge is 2.36. The van der Waals surface area contributed by atoms with Gasteiger partial charge < -0.3 is 20.5 Å².